The van der Waals surface area contributed by atoms with Crippen LogP contribution < -0.4 is 15.6 Å². The normalized spacial score (nSPS) is 10.0. The van der Waals surface area contributed by atoms with Gasteiger partial charge in [-0.25, -0.2) is 4.39 Å². The Morgan fingerprint density at radius 2 is 1.74 bits per heavy atom. The number of hydrogen-bond donors (Lipinski definition) is 2. The lowest BCUT2D eigenvalue weighted by Gasteiger charge is -2.09. The number of ether oxygens (including phenoxy) is 1. The molecule has 0 aromatic heterocycles. The van der Waals surface area contributed by atoms with Crippen LogP contribution in [0.3, 0.4) is 0 Å². The Bertz CT molecular complexity index is 686. The first-order valence-corrected chi connectivity index (χ1v) is 7.15. The van der Waals surface area contributed by atoms with Crippen LogP contribution >= 0.6 is 0 Å². The molecule has 0 radical (unpaired) electrons. The summed E-state index contributed by atoms with van der Waals surface area (Å²) in [7, 11) is 0. The van der Waals surface area contributed by atoms with Gasteiger partial charge >= 0.3 is 0 Å². The average molecular weight is 316 g/mol. The first-order valence-electron chi connectivity index (χ1n) is 7.15. The second-order valence-corrected chi connectivity index (χ2v) is 4.77. The van der Waals surface area contributed by atoms with E-state index in [0.29, 0.717) is 5.75 Å². The van der Waals surface area contributed by atoms with Gasteiger partial charge in [-0.15, -0.1) is 0 Å². The molecule has 0 bridgehead atoms. The Kier molecular flexibility index (Phi) is 5.68. The summed E-state index contributed by atoms with van der Waals surface area (Å²) in [5, 5.41) is 0. The van der Waals surface area contributed by atoms with E-state index in [4.69, 9.17) is 4.74 Å². The highest BCUT2D eigenvalue weighted by Gasteiger charge is 2.11. The van der Waals surface area contributed by atoms with Gasteiger partial charge in [-0.1, -0.05) is 31.2 Å². The SMILES string of the molecule is CCc1ccc(OCC(=O)NNC(=O)c2ccccc2F)cc1. The van der Waals surface area contributed by atoms with Crippen molar-refractivity contribution in [3.63, 3.8) is 0 Å². The van der Waals surface area contributed by atoms with E-state index in [1.807, 2.05) is 19.1 Å². The smallest absolute Gasteiger partial charge is 0.276 e. The molecule has 2 amide bonds. The second kappa shape index (κ2) is 7.93. The van der Waals surface area contributed by atoms with E-state index < -0.39 is 17.6 Å². The molecule has 6 heteroatoms. The molecule has 2 N–H and O–H groups in total. The topological polar surface area (TPSA) is 67.4 Å². The number of nitrogens with one attached hydrogen (secondary N) is 2. The van der Waals surface area contributed by atoms with Crippen LogP contribution in [-0.4, -0.2) is 18.4 Å². The van der Waals surface area contributed by atoms with E-state index in [2.05, 4.69) is 10.9 Å². The minimum absolute atomic E-state index is 0.149. The quantitative estimate of drug-likeness (QED) is 0.831. The molecule has 0 spiro atoms. The number of hydrogen-bond acceptors (Lipinski definition) is 3. The maximum Gasteiger partial charge on any atom is 0.276 e. The number of aryl methyl sites for hydroxylation is 1. The van der Waals surface area contributed by atoms with Gasteiger partial charge in [0.15, 0.2) is 6.61 Å². The van der Waals surface area contributed by atoms with Crippen molar-refractivity contribution in [2.24, 2.45) is 0 Å². The van der Waals surface area contributed by atoms with Crippen molar-refractivity contribution in [3.05, 3.63) is 65.5 Å². The lowest BCUT2D eigenvalue weighted by Crippen LogP contribution is -2.44. The van der Waals surface area contributed by atoms with Crippen LogP contribution in [0.25, 0.3) is 0 Å². The highest BCUT2D eigenvalue weighted by Crippen LogP contribution is 2.12. The van der Waals surface area contributed by atoms with Crippen molar-refractivity contribution in [1.29, 1.82) is 0 Å². The van der Waals surface area contributed by atoms with Crippen LogP contribution in [0.15, 0.2) is 48.5 Å². The summed E-state index contributed by atoms with van der Waals surface area (Å²) in [4.78, 5) is 23.3. The molecular formula is C17H17FN2O3. The van der Waals surface area contributed by atoms with Gasteiger partial charge in [0, 0.05) is 0 Å². The van der Waals surface area contributed by atoms with Gasteiger partial charge in [0.2, 0.25) is 0 Å². The van der Waals surface area contributed by atoms with Gasteiger partial charge < -0.3 is 4.74 Å². The van der Waals surface area contributed by atoms with Crippen LogP contribution in [0.4, 0.5) is 4.39 Å². The van der Waals surface area contributed by atoms with Crippen molar-refractivity contribution < 1.29 is 18.7 Å². The van der Waals surface area contributed by atoms with Crippen LogP contribution in [0, 0.1) is 5.82 Å². The maximum atomic E-state index is 13.4. The summed E-state index contributed by atoms with van der Waals surface area (Å²) in [5.74, 6) is -1.39. The Labute approximate surface area is 133 Å². The molecule has 2 aromatic rings. The standard InChI is InChI=1S/C17H17FN2O3/c1-2-12-7-9-13(10-8-12)23-11-16(21)19-20-17(22)14-5-3-4-6-15(14)18/h3-10H,2,11H2,1H3,(H,19,21)(H,20,22). The fourth-order valence-corrected chi connectivity index (χ4v) is 1.85. The molecule has 120 valence electrons. The van der Waals surface area contributed by atoms with Crippen molar-refractivity contribution in [1.82, 2.24) is 10.9 Å². The van der Waals surface area contributed by atoms with E-state index >= 15 is 0 Å². The Hall–Kier alpha value is -2.89. The van der Waals surface area contributed by atoms with Crippen LogP contribution in [0.5, 0.6) is 5.75 Å². The first-order chi connectivity index (χ1) is 11.1. The molecule has 2 rings (SSSR count). The molecule has 0 aliphatic carbocycles. The van der Waals surface area contributed by atoms with Gasteiger partial charge in [-0.3, -0.25) is 20.4 Å². The van der Waals surface area contributed by atoms with E-state index in [1.165, 1.54) is 29.8 Å². The molecule has 2 aromatic carbocycles. The zero-order chi connectivity index (χ0) is 16.7. The zero-order valence-corrected chi connectivity index (χ0v) is 12.6. The number of carbonyl (C=O) groups is 2. The Morgan fingerprint density at radius 3 is 2.39 bits per heavy atom. The molecule has 0 saturated heterocycles. The number of halogens is 1. The Balaban J connectivity index is 1.78. The third-order valence-corrected chi connectivity index (χ3v) is 3.14. The average Bonchev–Trinajstić information content (AvgIpc) is 2.58. The predicted octanol–water partition coefficient (Wildman–Crippen LogP) is 2.23. The Morgan fingerprint density at radius 1 is 1.04 bits per heavy atom. The number of rotatable bonds is 5. The molecule has 0 aliphatic heterocycles. The van der Waals surface area contributed by atoms with E-state index in [9.17, 15) is 14.0 Å². The van der Waals surface area contributed by atoms with Gasteiger partial charge in [-0.2, -0.15) is 0 Å². The van der Waals surface area contributed by atoms with Gasteiger partial charge in [0.1, 0.15) is 11.6 Å². The number of amides is 2. The first kappa shape index (κ1) is 16.5. The van der Waals surface area contributed by atoms with Crippen molar-refractivity contribution in [3.8, 4) is 5.75 Å². The molecule has 0 fully saturated rings. The zero-order valence-electron chi connectivity index (χ0n) is 12.6. The van der Waals surface area contributed by atoms with Gasteiger partial charge in [0.25, 0.3) is 11.8 Å². The van der Waals surface area contributed by atoms with Gasteiger partial charge in [-0.05, 0) is 36.2 Å². The number of hydrazine groups is 1. The van der Waals surface area contributed by atoms with E-state index in [1.54, 1.807) is 12.1 Å². The van der Waals surface area contributed by atoms with Crippen molar-refractivity contribution in [2.45, 2.75) is 13.3 Å². The second-order valence-electron chi connectivity index (χ2n) is 4.77. The summed E-state index contributed by atoms with van der Waals surface area (Å²) in [5.41, 5.74) is 5.32. The molecule has 5 nitrogen and oxygen atoms in total. The largest absolute Gasteiger partial charge is 0.484 e. The fraction of sp³-hybridized carbons (Fsp3) is 0.176. The lowest BCUT2D eigenvalue weighted by molar-refractivity contribution is -0.123. The van der Waals surface area contributed by atoms with E-state index in [0.717, 1.165) is 6.42 Å². The maximum absolute atomic E-state index is 13.4. The summed E-state index contributed by atoms with van der Waals surface area (Å²) >= 11 is 0. The minimum atomic E-state index is -0.733. The van der Waals surface area contributed by atoms with E-state index in [-0.39, 0.29) is 12.2 Å². The third-order valence-electron chi connectivity index (χ3n) is 3.14. The highest BCUT2D eigenvalue weighted by molar-refractivity contribution is 5.95. The summed E-state index contributed by atoms with van der Waals surface area (Å²) in [6, 6.07) is 12.8. The monoisotopic (exact) mass is 316 g/mol. The molecular weight excluding hydrogens is 299 g/mol. The van der Waals surface area contributed by atoms with Crippen LogP contribution in [-0.2, 0) is 11.2 Å². The molecule has 0 atom stereocenters. The van der Waals surface area contributed by atoms with Crippen molar-refractivity contribution in [2.75, 3.05) is 6.61 Å². The highest BCUT2D eigenvalue weighted by atomic mass is 19.1. The molecule has 0 aliphatic rings. The van der Waals surface area contributed by atoms with Crippen molar-refractivity contribution >= 4 is 11.8 Å². The summed E-state index contributed by atoms with van der Waals surface area (Å²) in [6.07, 6.45) is 0.919. The lowest BCUT2D eigenvalue weighted by atomic mass is 10.2. The molecule has 23 heavy (non-hydrogen) atoms. The van der Waals surface area contributed by atoms with Gasteiger partial charge in [0.05, 0.1) is 5.56 Å². The van der Waals surface area contributed by atoms with Crippen LogP contribution in [0.1, 0.15) is 22.8 Å². The fourth-order valence-electron chi connectivity index (χ4n) is 1.85. The molecule has 0 unspecified atom stereocenters. The number of carbonyl (C=O) groups excluding carboxylic acids is 2. The third kappa shape index (κ3) is 4.81. The molecule has 0 saturated carbocycles. The summed E-state index contributed by atoms with van der Waals surface area (Å²) < 4.78 is 18.7. The molecule has 0 heterocycles. The predicted molar refractivity (Wildman–Crippen MR) is 83.3 cm³/mol. The number of benzene rings is 2. The summed E-state index contributed by atoms with van der Waals surface area (Å²) in [6.45, 7) is 1.78. The van der Waals surface area contributed by atoms with Crippen LogP contribution in [0.2, 0.25) is 0 Å². The minimum Gasteiger partial charge on any atom is -0.484 e.